The molecule has 30 heavy (non-hydrogen) atoms. The van der Waals surface area contributed by atoms with Gasteiger partial charge in [-0.2, -0.15) is 0 Å². The summed E-state index contributed by atoms with van der Waals surface area (Å²) >= 11 is 0. The third-order valence-electron chi connectivity index (χ3n) is 2.74. The van der Waals surface area contributed by atoms with E-state index in [0.29, 0.717) is 13.2 Å². The zero-order valence-electron chi connectivity index (χ0n) is 15.7. The second-order valence-electron chi connectivity index (χ2n) is 4.83. The van der Waals surface area contributed by atoms with Crippen LogP contribution in [0, 0.1) is 0 Å². The van der Waals surface area contributed by atoms with Gasteiger partial charge in [-0.15, -0.1) is 0 Å². The van der Waals surface area contributed by atoms with Gasteiger partial charge in [0.15, 0.2) is 0 Å². The van der Waals surface area contributed by atoms with Gasteiger partial charge in [0.1, 0.15) is 0 Å². The Hall–Kier alpha value is -3.26. The molecule has 168 valence electrons. The van der Waals surface area contributed by atoms with E-state index in [1.165, 1.54) is 0 Å². The lowest BCUT2D eigenvalue weighted by atomic mass is 10.2. The van der Waals surface area contributed by atoms with Gasteiger partial charge in [0.05, 0.1) is 13.2 Å². The number of carboxylic acid groups (broad SMARTS) is 4. The molecule has 0 aliphatic carbocycles. The molecule has 0 fully saturated rings. The highest BCUT2D eigenvalue weighted by atomic mass is 17.5. The number of hydrogen-bond donors (Lipinski definition) is 6. The number of carbonyl (C=O) groups is 2. The minimum Gasteiger partial charge on any atom is -0.450 e. The van der Waals surface area contributed by atoms with E-state index < -0.39 is 12.3 Å². The molecular formula is C18H24O12. The second kappa shape index (κ2) is 22.0. The average molecular weight is 432 g/mol. The quantitative estimate of drug-likeness (QED) is 0.201. The van der Waals surface area contributed by atoms with Crippen LogP contribution in [0.15, 0.2) is 60.7 Å². The molecule has 0 aliphatic heterocycles. The molecule has 12 nitrogen and oxygen atoms in total. The number of hydrogen-bond acceptors (Lipinski definition) is 8. The fourth-order valence-corrected chi connectivity index (χ4v) is 1.68. The first-order valence-corrected chi connectivity index (χ1v) is 8.11. The molecule has 0 aromatic heterocycles. The van der Waals surface area contributed by atoms with E-state index in [1.54, 1.807) is 0 Å². The third-order valence-corrected chi connectivity index (χ3v) is 2.74. The monoisotopic (exact) mass is 432 g/mol. The molecule has 0 spiro atoms. The van der Waals surface area contributed by atoms with Crippen molar-refractivity contribution in [3.63, 3.8) is 0 Å². The summed E-state index contributed by atoms with van der Waals surface area (Å²) in [5.74, 6) is 0. The van der Waals surface area contributed by atoms with Crippen LogP contribution in [0.2, 0.25) is 0 Å². The van der Waals surface area contributed by atoms with E-state index in [9.17, 15) is 0 Å². The molecule has 6 N–H and O–H groups in total. The fraction of sp³-hybridized carbons (Fsp3) is 0.222. The fourth-order valence-electron chi connectivity index (χ4n) is 1.68. The van der Waals surface area contributed by atoms with Crippen LogP contribution >= 0.6 is 0 Å². The Morgan fingerprint density at radius 2 is 0.867 bits per heavy atom. The molecule has 0 heterocycles. The molecule has 0 atom stereocenters. The van der Waals surface area contributed by atoms with Gasteiger partial charge in [-0.25, -0.2) is 29.9 Å². The van der Waals surface area contributed by atoms with Crippen LogP contribution in [0.3, 0.4) is 0 Å². The predicted octanol–water partition coefficient (Wildman–Crippen LogP) is 3.75. The largest absolute Gasteiger partial charge is 0.503 e. The lowest BCUT2D eigenvalue weighted by Crippen LogP contribution is -1.96. The lowest BCUT2D eigenvalue weighted by molar-refractivity contribution is -0.490. The molecule has 2 rings (SSSR count). The van der Waals surface area contributed by atoms with Crippen LogP contribution in [0.25, 0.3) is 0 Å². The summed E-state index contributed by atoms with van der Waals surface area (Å²) in [6.45, 7) is 0.723. The van der Waals surface area contributed by atoms with Gasteiger partial charge in [0, 0.05) is 0 Å². The zero-order valence-corrected chi connectivity index (χ0v) is 15.7. The summed E-state index contributed by atoms with van der Waals surface area (Å²) in [5, 5.41) is 50.5. The molecule has 0 saturated carbocycles. The highest BCUT2D eigenvalue weighted by Crippen LogP contribution is 1.99. The Kier molecular flexibility index (Phi) is 21.3. The first-order chi connectivity index (χ1) is 14.3. The molecule has 0 amide bonds. The summed E-state index contributed by atoms with van der Waals surface area (Å²) in [7, 11) is 0. The van der Waals surface area contributed by atoms with Crippen molar-refractivity contribution in [3.05, 3.63) is 71.8 Å². The van der Waals surface area contributed by atoms with Gasteiger partial charge < -0.3 is 20.4 Å². The first-order valence-electron chi connectivity index (χ1n) is 8.11. The summed E-state index contributed by atoms with van der Waals surface area (Å²) in [4.78, 5) is 25.7. The normalized spacial score (nSPS) is 8.87. The molecule has 2 aromatic rings. The van der Waals surface area contributed by atoms with Gasteiger partial charge in [0.2, 0.25) is 0 Å². The minimum atomic E-state index is -1.83. The highest BCUT2D eigenvalue weighted by molar-refractivity contribution is 5.53. The smallest absolute Gasteiger partial charge is 0.450 e. The Bertz CT molecular complexity index is 571. The molecule has 0 radical (unpaired) electrons. The minimum absolute atomic E-state index is 0.362. The van der Waals surface area contributed by atoms with Crippen molar-refractivity contribution in [2.75, 3.05) is 13.2 Å². The van der Waals surface area contributed by atoms with E-state index >= 15 is 0 Å². The Labute approximate surface area is 171 Å². The summed E-state index contributed by atoms with van der Waals surface area (Å²) < 4.78 is 0. The number of benzene rings is 2. The molecular weight excluding hydrogens is 408 g/mol. The maximum atomic E-state index is 8.56. The van der Waals surface area contributed by atoms with Crippen molar-refractivity contribution in [2.45, 2.75) is 12.8 Å². The molecule has 0 bridgehead atoms. The Morgan fingerprint density at radius 3 is 1.10 bits per heavy atom. The van der Waals surface area contributed by atoms with E-state index in [1.807, 2.05) is 60.7 Å². The highest BCUT2D eigenvalue weighted by Gasteiger charge is 1.91. The number of rotatable bonds is 8. The summed E-state index contributed by atoms with van der Waals surface area (Å²) in [5.41, 5.74) is 2.31. The van der Waals surface area contributed by atoms with Gasteiger partial charge in [0.25, 0.3) is 0 Å². The summed E-state index contributed by atoms with van der Waals surface area (Å²) in [6.07, 6.45) is -2.19. The standard InChI is InChI=1S/2C8H10O3.2CH2O3/c2*9-11-10-7-6-8-4-2-1-3-5-8;2*2-1(3)4/h2*1-5,9H,6-7H2;2*(H2,2,3,4). The lowest BCUT2D eigenvalue weighted by Gasteiger charge is -1.97. The van der Waals surface area contributed by atoms with Crippen molar-refractivity contribution in [2.24, 2.45) is 0 Å². The maximum Gasteiger partial charge on any atom is 0.503 e. The van der Waals surface area contributed by atoms with Gasteiger partial charge >= 0.3 is 12.3 Å². The van der Waals surface area contributed by atoms with Crippen molar-refractivity contribution >= 4 is 12.3 Å². The van der Waals surface area contributed by atoms with Crippen molar-refractivity contribution < 1.29 is 60.4 Å². The Morgan fingerprint density at radius 1 is 0.600 bits per heavy atom. The van der Waals surface area contributed by atoms with Crippen LogP contribution in [0.5, 0.6) is 0 Å². The molecule has 0 aliphatic rings. The van der Waals surface area contributed by atoms with Gasteiger partial charge in [-0.1, -0.05) is 70.7 Å². The van der Waals surface area contributed by atoms with E-state index in [2.05, 4.69) is 19.9 Å². The molecule has 12 heteroatoms. The van der Waals surface area contributed by atoms with E-state index in [0.717, 1.165) is 24.0 Å². The van der Waals surface area contributed by atoms with Crippen LogP contribution in [-0.4, -0.2) is 56.5 Å². The topological polar surface area (TPSA) is 192 Å². The van der Waals surface area contributed by atoms with Crippen LogP contribution in [0.4, 0.5) is 9.59 Å². The Balaban J connectivity index is 0. The zero-order chi connectivity index (χ0) is 23.0. The third kappa shape index (κ3) is 27.0. The summed E-state index contributed by atoms with van der Waals surface area (Å²) in [6, 6.07) is 19.7. The van der Waals surface area contributed by atoms with Crippen molar-refractivity contribution in [1.29, 1.82) is 0 Å². The average Bonchev–Trinajstić information content (AvgIpc) is 2.70. The van der Waals surface area contributed by atoms with Gasteiger partial charge in [-0.05, 0) is 24.0 Å². The second-order valence-corrected chi connectivity index (χ2v) is 4.83. The van der Waals surface area contributed by atoms with Crippen molar-refractivity contribution in [3.8, 4) is 0 Å². The van der Waals surface area contributed by atoms with Crippen LogP contribution in [-0.2, 0) is 32.7 Å². The predicted molar refractivity (Wildman–Crippen MR) is 101 cm³/mol. The first kappa shape index (κ1) is 28.9. The van der Waals surface area contributed by atoms with E-state index in [-0.39, 0.29) is 0 Å². The molecule has 0 unspecified atom stereocenters. The SMILES string of the molecule is O=C(O)O.O=C(O)O.OOOCCc1ccccc1.OOOCCc1ccccc1. The van der Waals surface area contributed by atoms with Gasteiger partial charge in [-0.3, -0.25) is 0 Å². The van der Waals surface area contributed by atoms with Crippen LogP contribution < -0.4 is 0 Å². The van der Waals surface area contributed by atoms with E-state index in [4.69, 9.17) is 40.5 Å². The maximum absolute atomic E-state index is 8.56. The van der Waals surface area contributed by atoms with Crippen LogP contribution in [0.1, 0.15) is 11.1 Å². The molecule has 2 aromatic carbocycles. The molecule has 0 saturated heterocycles. The van der Waals surface area contributed by atoms with Crippen molar-refractivity contribution in [1.82, 2.24) is 0 Å².